The van der Waals surface area contributed by atoms with Crippen molar-refractivity contribution < 1.29 is 14.4 Å². The summed E-state index contributed by atoms with van der Waals surface area (Å²) in [7, 11) is 0. The van der Waals surface area contributed by atoms with Crippen LogP contribution < -0.4 is 0 Å². The second-order valence-corrected chi connectivity index (χ2v) is 4.58. The molecule has 0 aliphatic heterocycles. The second-order valence-electron chi connectivity index (χ2n) is 3.47. The molecule has 1 N–H and O–H groups in total. The van der Waals surface area contributed by atoms with Gasteiger partial charge in [0, 0.05) is 28.0 Å². The zero-order valence-corrected chi connectivity index (χ0v) is 9.86. The maximum atomic E-state index is 13.5. The lowest BCUT2D eigenvalue weighted by atomic mass is 10.3. The van der Waals surface area contributed by atoms with E-state index in [9.17, 15) is 14.5 Å². The van der Waals surface area contributed by atoms with E-state index in [2.05, 4.69) is 0 Å². The molecule has 0 spiro atoms. The fourth-order valence-electron chi connectivity index (χ4n) is 1.34. The number of benzene rings is 2. The van der Waals surface area contributed by atoms with E-state index in [1.54, 1.807) is 12.1 Å². The van der Waals surface area contributed by atoms with Crippen molar-refractivity contribution in [3.05, 3.63) is 58.4 Å². The van der Waals surface area contributed by atoms with E-state index in [-0.39, 0.29) is 11.4 Å². The van der Waals surface area contributed by atoms with Gasteiger partial charge in [-0.3, -0.25) is 10.1 Å². The van der Waals surface area contributed by atoms with Crippen molar-refractivity contribution in [1.29, 1.82) is 0 Å². The fraction of sp³-hybridized carbons (Fsp3) is 0. The predicted molar refractivity (Wildman–Crippen MR) is 65.3 cm³/mol. The fourth-order valence-corrected chi connectivity index (χ4v) is 2.15. The van der Waals surface area contributed by atoms with Gasteiger partial charge < -0.3 is 5.11 Å². The zero-order chi connectivity index (χ0) is 13.1. The van der Waals surface area contributed by atoms with Gasteiger partial charge in [0.1, 0.15) is 11.6 Å². The summed E-state index contributed by atoms with van der Waals surface area (Å²) in [4.78, 5) is 11.0. The average molecular weight is 265 g/mol. The highest BCUT2D eigenvalue weighted by atomic mass is 32.2. The third-order valence-electron chi connectivity index (χ3n) is 2.19. The number of nitro groups is 1. The summed E-state index contributed by atoms with van der Waals surface area (Å²) in [6.07, 6.45) is 0. The number of hydrogen-bond acceptors (Lipinski definition) is 4. The summed E-state index contributed by atoms with van der Waals surface area (Å²) < 4.78 is 13.5. The molecule has 0 saturated carbocycles. The smallest absolute Gasteiger partial charge is 0.269 e. The van der Waals surface area contributed by atoms with Crippen LogP contribution in [0.3, 0.4) is 0 Å². The van der Waals surface area contributed by atoms with Crippen molar-refractivity contribution in [2.75, 3.05) is 0 Å². The number of aromatic hydroxyl groups is 1. The van der Waals surface area contributed by atoms with Crippen molar-refractivity contribution in [3.63, 3.8) is 0 Å². The van der Waals surface area contributed by atoms with Crippen molar-refractivity contribution in [1.82, 2.24) is 0 Å². The van der Waals surface area contributed by atoms with Crippen LogP contribution in [0.15, 0.2) is 52.3 Å². The zero-order valence-electron chi connectivity index (χ0n) is 9.04. The molecule has 0 fully saturated rings. The summed E-state index contributed by atoms with van der Waals surface area (Å²) in [6, 6.07) is 9.69. The Morgan fingerprint density at radius 2 is 1.83 bits per heavy atom. The minimum atomic E-state index is -0.529. The van der Waals surface area contributed by atoms with Crippen LogP contribution in [-0.2, 0) is 0 Å². The molecule has 0 heterocycles. The van der Waals surface area contributed by atoms with Crippen LogP contribution in [0.25, 0.3) is 0 Å². The lowest BCUT2D eigenvalue weighted by Crippen LogP contribution is -1.86. The van der Waals surface area contributed by atoms with Gasteiger partial charge in [-0.25, -0.2) is 4.39 Å². The third-order valence-corrected chi connectivity index (χ3v) is 3.25. The Bertz CT molecular complexity index is 586. The van der Waals surface area contributed by atoms with Crippen LogP contribution in [0.5, 0.6) is 5.75 Å². The van der Waals surface area contributed by atoms with E-state index in [4.69, 9.17) is 5.11 Å². The Labute approximate surface area is 106 Å². The molecule has 0 amide bonds. The van der Waals surface area contributed by atoms with Crippen LogP contribution in [0.2, 0.25) is 0 Å². The van der Waals surface area contributed by atoms with Gasteiger partial charge in [0.15, 0.2) is 0 Å². The molecule has 2 aromatic carbocycles. The molecule has 0 bridgehead atoms. The maximum Gasteiger partial charge on any atom is 0.269 e. The van der Waals surface area contributed by atoms with E-state index >= 15 is 0 Å². The Morgan fingerprint density at radius 3 is 2.39 bits per heavy atom. The molecule has 0 aromatic heterocycles. The van der Waals surface area contributed by atoms with Gasteiger partial charge in [-0.05, 0) is 24.3 Å². The van der Waals surface area contributed by atoms with E-state index in [1.165, 1.54) is 24.3 Å². The number of nitrogens with zero attached hydrogens (tertiary/aromatic N) is 1. The normalized spacial score (nSPS) is 10.3. The summed E-state index contributed by atoms with van der Waals surface area (Å²) >= 11 is 1.13. The SMILES string of the molecule is O=[N+]([O-])c1ccc(Sc2ccc(O)cc2F)cc1. The van der Waals surface area contributed by atoms with Crippen LogP contribution in [-0.4, -0.2) is 10.0 Å². The number of phenolic OH excluding ortho intramolecular Hbond substituents is 1. The standard InChI is InChI=1S/C12H8FNO3S/c13-11-7-9(15)3-6-12(11)18-10-4-1-8(2-5-10)14(16)17/h1-7,15H. The van der Waals surface area contributed by atoms with Crippen molar-refractivity contribution >= 4 is 17.4 Å². The Balaban J connectivity index is 2.21. The molecule has 18 heavy (non-hydrogen) atoms. The minimum Gasteiger partial charge on any atom is -0.508 e. The van der Waals surface area contributed by atoms with Crippen LogP contribution in [0, 0.1) is 15.9 Å². The lowest BCUT2D eigenvalue weighted by molar-refractivity contribution is -0.384. The number of non-ortho nitro benzene ring substituents is 1. The first-order chi connectivity index (χ1) is 8.56. The van der Waals surface area contributed by atoms with E-state index in [0.717, 1.165) is 17.8 Å². The quantitative estimate of drug-likeness (QED) is 0.680. The van der Waals surface area contributed by atoms with Crippen molar-refractivity contribution in [2.45, 2.75) is 9.79 Å². The van der Waals surface area contributed by atoms with Gasteiger partial charge in [0.2, 0.25) is 0 Å². The summed E-state index contributed by atoms with van der Waals surface area (Å²) in [5, 5.41) is 19.5. The Kier molecular flexibility index (Phi) is 3.47. The van der Waals surface area contributed by atoms with Crippen molar-refractivity contribution in [2.24, 2.45) is 0 Å². The summed E-state index contributed by atoms with van der Waals surface area (Å²) in [6.45, 7) is 0. The van der Waals surface area contributed by atoms with Crippen LogP contribution in [0.1, 0.15) is 0 Å². The maximum absolute atomic E-state index is 13.5. The largest absolute Gasteiger partial charge is 0.508 e. The van der Waals surface area contributed by atoms with E-state index in [0.29, 0.717) is 9.79 Å². The van der Waals surface area contributed by atoms with Crippen molar-refractivity contribution in [3.8, 4) is 5.75 Å². The molecule has 2 aromatic rings. The lowest BCUT2D eigenvalue weighted by Gasteiger charge is -2.03. The molecular formula is C12H8FNO3S. The number of hydrogen-bond donors (Lipinski definition) is 1. The average Bonchev–Trinajstić information content (AvgIpc) is 2.33. The van der Waals surface area contributed by atoms with E-state index in [1.807, 2.05) is 0 Å². The first-order valence-electron chi connectivity index (χ1n) is 4.97. The molecular weight excluding hydrogens is 257 g/mol. The number of nitro benzene ring substituents is 1. The van der Waals surface area contributed by atoms with Gasteiger partial charge in [0.05, 0.1) is 4.92 Å². The minimum absolute atomic E-state index is 0.00877. The summed E-state index contributed by atoms with van der Waals surface area (Å²) in [5.74, 6) is -0.668. The van der Waals surface area contributed by atoms with Gasteiger partial charge in [-0.15, -0.1) is 0 Å². The molecule has 0 radical (unpaired) electrons. The van der Waals surface area contributed by atoms with Crippen LogP contribution >= 0.6 is 11.8 Å². The van der Waals surface area contributed by atoms with Gasteiger partial charge in [-0.1, -0.05) is 11.8 Å². The van der Waals surface area contributed by atoms with Crippen LogP contribution in [0.4, 0.5) is 10.1 Å². The first-order valence-corrected chi connectivity index (χ1v) is 5.79. The summed E-state index contributed by atoms with van der Waals surface area (Å²) in [5.41, 5.74) is -0.00877. The molecule has 2 rings (SSSR count). The monoisotopic (exact) mass is 265 g/mol. The number of phenols is 1. The highest BCUT2D eigenvalue weighted by molar-refractivity contribution is 7.99. The molecule has 6 heteroatoms. The van der Waals surface area contributed by atoms with Gasteiger partial charge in [-0.2, -0.15) is 0 Å². The molecule has 4 nitrogen and oxygen atoms in total. The Morgan fingerprint density at radius 1 is 1.17 bits per heavy atom. The second kappa shape index (κ2) is 5.05. The number of rotatable bonds is 3. The molecule has 0 unspecified atom stereocenters. The van der Waals surface area contributed by atoms with Gasteiger partial charge in [0.25, 0.3) is 5.69 Å². The molecule has 0 atom stereocenters. The molecule has 0 saturated heterocycles. The molecule has 0 aliphatic carbocycles. The van der Waals surface area contributed by atoms with Gasteiger partial charge >= 0.3 is 0 Å². The van der Waals surface area contributed by atoms with E-state index < -0.39 is 10.7 Å². The third kappa shape index (κ3) is 2.78. The topological polar surface area (TPSA) is 63.4 Å². The Hall–Kier alpha value is -2.08. The molecule has 92 valence electrons. The molecule has 0 aliphatic rings. The highest BCUT2D eigenvalue weighted by Crippen LogP contribution is 2.32. The highest BCUT2D eigenvalue weighted by Gasteiger charge is 2.08. The predicted octanol–water partition coefficient (Wildman–Crippen LogP) is 3.59. The number of halogens is 1. The first kappa shape index (κ1) is 12.4.